The molecule has 2 aliphatic heterocycles. The van der Waals surface area contributed by atoms with E-state index < -0.39 is 0 Å². The highest BCUT2D eigenvalue weighted by Gasteiger charge is 2.40. The Morgan fingerprint density at radius 1 is 1.53 bits per heavy atom. The van der Waals surface area contributed by atoms with E-state index in [1.54, 1.807) is 0 Å². The quantitative estimate of drug-likeness (QED) is 0.824. The van der Waals surface area contributed by atoms with Gasteiger partial charge in [-0.3, -0.25) is 4.79 Å². The predicted molar refractivity (Wildman–Crippen MR) is 72.4 cm³/mol. The second-order valence-corrected chi connectivity index (χ2v) is 5.66. The Hall–Kier alpha value is -0.280. The van der Waals surface area contributed by atoms with E-state index in [0.717, 1.165) is 38.5 Å². The smallest absolute Gasteiger partial charge is 0.229 e. The minimum absolute atomic E-state index is 0. The summed E-state index contributed by atoms with van der Waals surface area (Å²) >= 11 is 0. The summed E-state index contributed by atoms with van der Waals surface area (Å²) in [7, 11) is 0. The Bertz CT molecular complexity index is 264. The van der Waals surface area contributed by atoms with Crippen LogP contribution in [0, 0.1) is 11.3 Å². The van der Waals surface area contributed by atoms with Crippen LogP contribution >= 0.6 is 12.4 Å². The molecule has 1 N–H and O–H groups in total. The second-order valence-electron chi connectivity index (χ2n) is 5.66. The first kappa shape index (κ1) is 14.8. The maximum Gasteiger partial charge on any atom is 0.229 e. The zero-order chi connectivity index (χ0) is 11.6. The Labute approximate surface area is 111 Å². The van der Waals surface area contributed by atoms with E-state index in [2.05, 4.69) is 24.1 Å². The normalized spacial score (nSPS) is 33.3. The predicted octanol–water partition coefficient (Wildman–Crippen LogP) is 2.06. The fourth-order valence-corrected chi connectivity index (χ4v) is 2.96. The van der Waals surface area contributed by atoms with Gasteiger partial charge in [-0.2, -0.15) is 0 Å². The van der Waals surface area contributed by atoms with E-state index in [0.29, 0.717) is 5.91 Å². The number of carbonyl (C=O) groups excluding carboxylic acids is 1. The molecule has 0 radical (unpaired) electrons. The first-order valence-electron chi connectivity index (χ1n) is 6.66. The van der Waals surface area contributed by atoms with Crippen molar-refractivity contribution in [2.45, 2.75) is 39.5 Å². The molecule has 0 aliphatic carbocycles. The number of amides is 1. The van der Waals surface area contributed by atoms with Crippen molar-refractivity contribution in [2.24, 2.45) is 11.3 Å². The van der Waals surface area contributed by atoms with Crippen LogP contribution in [0.4, 0.5) is 0 Å². The van der Waals surface area contributed by atoms with Crippen molar-refractivity contribution < 1.29 is 4.79 Å². The summed E-state index contributed by atoms with van der Waals surface area (Å²) in [6.07, 6.45) is 4.70. The zero-order valence-electron chi connectivity index (χ0n) is 11.0. The molecule has 2 fully saturated rings. The van der Waals surface area contributed by atoms with E-state index in [1.165, 1.54) is 19.3 Å². The average Bonchev–Trinajstić information content (AvgIpc) is 2.76. The molecule has 4 heteroatoms. The lowest BCUT2D eigenvalue weighted by atomic mass is 9.86. The van der Waals surface area contributed by atoms with E-state index >= 15 is 0 Å². The van der Waals surface area contributed by atoms with Gasteiger partial charge in [-0.15, -0.1) is 12.4 Å². The number of hydrogen-bond donors (Lipinski definition) is 1. The topological polar surface area (TPSA) is 32.3 Å². The second kappa shape index (κ2) is 6.05. The van der Waals surface area contributed by atoms with Gasteiger partial charge in [0, 0.05) is 19.6 Å². The molecule has 0 aromatic heterocycles. The van der Waals surface area contributed by atoms with Crippen LogP contribution < -0.4 is 5.32 Å². The first-order valence-corrected chi connectivity index (χ1v) is 6.66. The molecule has 2 heterocycles. The molecule has 0 saturated carbocycles. The lowest BCUT2D eigenvalue weighted by molar-refractivity contribution is -0.142. The minimum atomic E-state index is -0.129. The molecule has 0 aromatic rings. The van der Waals surface area contributed by atoms with Crippen LogP contribution in [0.2, 0.25) is 0 Å². The van der Waals surface area contributed by atoms with Gasteiger partial charge in [0.15, 0.2) is 0 Å². The van der Waals surface area contributed by atoms with Gasteiger partial charge in [-0.25, -0.2) is 0 Å². The maximum absolute atomic E-state index is 12.5. The van der Waals surface area contributed by atoms with Crippen LogP contribution in [-0.2, 0) is 4.79 Å². The Balaban J connectivity index is 0.00000144. The third kappa shape index (κ3) is 3.14. The highest BCUT2D eigenvalue weighted by atomic mass is 35.5. The third-order valence-electron chi connectivity index (χ3n) is 4.27. The summed E-state index contributed by atoms with van der Waals surface area (Å²) in [4.78, 5) is 14.6. The molecule has 2 aliphatic rings. The minimum Gasteiger partial charge on any atom is -0.342 e. The van der Waals surface area contributed by atoms with Crippen molar-refractivity contribution in [1.82, 2.24) is 10.2 Å². The lowest BCUT2D eigenvalue weighted by Gasteiger charge is -2.37. The fourth-order valence-electron chi connectivity index (χ4n) is 2.96. The fraction of sp³-hybridized carbons (Fsp3) is 0.923. The number of rotatable bonds is 2. The van der Waals surface area contributed by atoms with Crippen LogP contribution in [0.25, 0.3) is 0 Å². The maximum atomic E-state index is 12.5. The number of carbonyl (C=O) groups is 1. The summed E-state index contributed by atoms with van der Waals surface area (Å²) < 4.78 is 0. The molecule has 0 spiro atoms. The van der Waals surface area contributed by atoms with Crippen molar-refractivity contribution in [3.63, 3.8) is 0 Å². The number of likely N-dealkylation sites (tertiary alicyclic amines) is 1. The van der Waals surface area contributed by atoms with Gasteiger partial charge in [-0.1, -0.05) is 13.3 Å². The van der Waals surface area contributed by atoms with Gasteiger partial charge in [-0.05, 0) is 38.6 Å². The standard InChI is InChI=1S/C13H24N2O.ClH/c1-3-11-5-4-8-15(9-11)12(16)13(2)6-7-14-10-13;/h11,14H,3-10H2,1-2H3;1H. The molecule has 1 amide bonds. The van der Waals surface area contributed by atoms with Gasteiger partial charge in [0.25, 0.3) is 0 Å². The highest BCUT2D eigenvalue weighted by molar-refractivity contribution is 5.85. The van der Waals surface area contributed by atoms with Crippen molar-refractivity contribution >= 4 is 18.3 Å². The third-order valence-corrected chi connectivity index (χ3v) is 4.27. The molecule has 2 unspecified atom stereocenters. The van der Waals surface area contributed by atoms with Crippen LogP contribution in [-0.4, -0.2) is 37.0 Å². The Kier molecular flexibility index (Phi) is 5.26. The summed E-state index contributed by atoms with van der Waals surface area (Å²) in [5, 5.41) is 3.31. The number of halogens is 1. The summed E-state index contributed by atoms with van der Waals surface area (Å²) in [5.41, 5.74) is -0.129. The molecule has 0 aromatic carbocycles. The van der Waals surface area contributed by atoms with E-state index in [-0.39, 0.29) is 17.8 Å². The number of nitrogens with one attached hydrogen (secondary N) is 1. The summed E-state index contributed by atoms with van der Waals surface area (Å²) in [5.74, 6) is 1.12. The molecular formula is C13H25ClN2O. The van der Waals surface area contributed by atoms with Crippen molar-refractivity contribution in [3.8, 4) is 0 Å². The van der Waals surface area contributed by atoms with Crippen LogP contribution in [0.1, 0.15) is 39.5 Å². The van der Waals surface area contributed by atoms with Crippen molar-refractivity contribution in [1.29, 1.82) is 0 Å². The summed E-state index contributed by atoms with van der Waals surface area (Å²) in [6, 6.07) is 0. The number of nitrogens with zero attached hydrogens (tertiary/aromatic N) is 1. The van der Waals surface area contributed by atoms with Gasteiger partial charge in [0.1, 0.15) is 0 Å². The molecule has 0 bridgehead atoms. The lowest BCUT2D eigenvalue weighted by Crippen LogP contribution is -2.47. The monoisotopic (exact) mass is 260 g/mol. The first-order chi connectivity index (χ1) is 7.65. The largest absolute Gasteiger partial charge is 0.342 e. The number of hydrogen-bond acceptors (Lipinski definition) is 2. The van der Waals surface area contributed by atoms with E-state index in [1.807, 2.05) is 0 Å². The Morgan fingerprint density at radius 2 is 2.29 bits per heavy atom. The number of piperidine rings is 1. The van der Waals surface area contributed by atoms with Crippen LogP contribution in [0.15, 0.2) is 0 Å². The summed E-state index contributed by atoms with van der Waals surface area (Å²) in [6.45, 7) is 8.17. The molecule has 17 heavy (non-hydrogen) atoms. The van der Waals surface area contributed by atoms with Crippen molar-refractivity contribution in [2.75, 3.05) is 26.2 Å². The molecule has 2 saturated heterocycles. The van der Waals surface area contributed by atoms with E-state index in [4.69, 9.17) is 0 Å². The van der Waals surface area contributed by atoms with Crippen LogP contribution in [0.5, 0.6) is 0 Å². The Morgan fingerprint density at radius 3 is 2.88 bits per heavy atom. The molecule has 2 rings (SSSR count). The van der Waals surface area contributed by atoms with Gasteiger partial charge in [0.05, 0.1) is 5.41 Å². The average molecular weight is 261 g/mol. The SMILES string of the molecule is CCC1CCCN(C(=O)C2(C)CCNC2)C1.Cl. The zero-order valence-corrected chi connectivity index (χ0v) is 11.8. The van der Waals surface area contributed by atoms with E-state index in [9.17, 15) is 4.79 Å². The highest BCUT2D eigenvalue weighted by Crippen LogP contribution is 2.30. The van der Waals surface area contributed by atoms with Gasteiger partial charge < -0.3 is 10.2 Å². The molecular weight excluding hydrogens is 236 g/mol. The van der Waals surface area contributed by atoms with Crippen LogP contribution in [0.3, 0.4) is 0 Å². The molecule has 3 nitrogen and oxygen atoms in total. The molecule has 2 atom stereocenters. The van der Waals surface area contributed by atoms with Gasteiger partial charge >= 0.3 is 0 Å². The molecule has 100 valence electrons. The van der Waals surface area contributed by atoms with Crippen molar-refractivity contribution in [3.05, 3.63) is 0 Å². The van der Waals surface area contributed by atoms with Gasteiger partial charge in [0.2, 0.25) is 5.91 Å².